The summed E-state index contributed by atoms with van der Waals surface area (Å²) in [5.41, 5.74) is 1.52. The van der Waals surface area contributed by atoms with Crippen molar-refractivity contribution in [2.75, 3.05) is 17.2 Å². The first-order valence-electron chi connectivity index (χ1n) is 11.0. The topological polar surface area (TPSA) is 91.2 Å². The highest BCUT2D eigenvalue weighted by Gasteiger charge is 2.30. The van der Waals surface area contributed by atoms with Gasteiger partial charge in [-0.25, -0.2) is 0 Å². The van der Waals surface area contributed by atoms with E-state index in [-0.39, 0.29) is 23.6 Å². The van der Waals surface area contributed by atoms with E-state index in [1.165, 1.54) is 12.1 Å². The number of hydrogen-bond donors (Lipinski definition) is 2. The van der Waals surface area contributed by atoms with Crippen LogP contribution in [0.2, 0.25) is 0 Å². The number of benzene rings is 3. The van der Waals surface area contributed by atoms with Gasteiger partial charge in [0.15, 0.2) is 6.61 Å². The molecule has 0 atom stereocenters. The molecule has 0 spiro atoms. The Morgan fingerprint density at radius 2 is 1.71 bits per heavy atom. The number of hydrogen-bond acceptors (Lipinski definition) is 4. The van der Waals surface area contributed by atoms with E-state index in [1.807, 2.05) is 26.0 Å². The molecule has 0 radical (unpaired) electrons. The third kappa shape index (κ3) is 7.69. The molecule has 0 fully saturated rings. The van der Waals surface area contributed by atoms with Crippen LogP contribution >= 0.6 is 31.9 Å². The second-order valence-corrected chi connectivity index (χ2v) is 9.91. The molecule has 0 aliphatic rings. The highest BCUT2D eigenvalue weighted by molar-refractivity contribution is 9.11. The first kappa shape index (κ1) is 28.9. The van der Waals surface area contributed by atoms with E-state index in [1.54, 1.807) is 24.3 Å². The largest absolute Gasteiger partial charge is 0.482 e. The first-order valence-corrected chi connectivity index (χ1v) is 12.6. The van der Waals surface area contributed by atoms with Gasteiger partial charge in [-0.2, -0.15) is 18.4 Å². The minimum Gasteiger partial charge on any atom is -0.482 e. The number of nitriles is 1. The Bertz CT molecular complexity index is 1460. The fraction of sp³-hybridized carbons (Fsp3) is 0.148. The Morgan fingerprint density at radius 3 is 2.37 bits per heavy atom. The van der Waals surface area contributed by atoms with E-state index in [2.05, 4.69) is 42.5 Å². The standard InChI is InChI=1S/C27H20Br2F3N3O3/c1-15-6-7-22(8-16(15)2)34-24(36)14-38-25-17(10-20(28)12-23(25)29)9-18(13-33)26(37)35-21-5-3-4-19(11-21)27(30,31)32/h3-12H,14H2,1-2H3,(H,34,36)(H,35,37)/b18-9+. The number of alkyl halides is 3. The van der Waals surface area contributed by atoms with Crippen molar-refractivity contribution >= 4 is 61.1 Å². The molecular weight excluding hydrogens is 631 g/mol. The van der Waals surface area contributed by atoms with Crippen LogP contribution in [0.1, 0.15) is 22.3 Å². The molecule has 2 amide bonds. The lowest BCUT2D eigenvalue weighted by Crippen LogP contribution is -2.20. The SMILES string of the molecule is Cc1ccc(NC(=O)COc2c(Br)cc(Br)cc2/C=C(\C#N)C(=O)Nc2cccc(C(F)(F)F)c2)cc1C. The van der Waals surface area contributed by atoms with E-state index in [4.69, 9.17) is 4.74 Å². The number of ether oxygens (including phenoxy) is 1. The summed E-state index contributed by atoms with van der Waals surface area (Å²) in [7, 11) is 0. The monoisotopic (exact) mass is 649 g/mol. The number of carbonyl (C=O) groups is 2. The number of amides is 2. The van der Waals surface area contributed by atoms with Crippen LogP contribution in [0, 0.1) is 25.2 Å². The van der Waals surface area contributed by atoms with Crippen molar-refractivity contribution in [2.45, 2.75) is 20.0 Å². The maximum absolute atomic E-state index is 13.0. The maximum atomic E-state index is 13.0. The van der Waals surface area contributed by atoms with Crippen molar-refractivity contribution in [3.05, 3.63) is 91.4 Å². The van der Waals surface area contributed by atoms with Gasteiger partial charge in [-0.05, 0) is 89.4 Å². The Hall–Kier alpha value is -3.62. The normalized spacial score (nSPS) is 11.5. The molecule has 3 rings (SSSR count). The average molecular weight is 651 g/mol. The quantitative estimate of drug-likeness (QED) is 0.206. The Balaban J connectivity index is 1.81. The molecule has 0 heterocycles. The molecule has 0 aromatic heterocycles. The molecule has 0 aliphatic carbocycles. The lowest BCUT2D eigenvalue weighted by atomic mass is 10.1. The van der Waals surface area contributed by atoms with E-state index >= 15 is 0 Å². The summed E-state index contributed by atoms with van der Waals surface area (Å²) < 4.78 is 45.7. The summed E-state index contributed by atoms with van der Waals surface area (Å²) >= 11 is 6.68. The van der Waals surface area contributed by atoms with Crippen molar-refractivity contribution in [2.24, 2.45) is 0 Å². The first-order chi connectivity index (χ1) is 17.9. The van der Waals surface area contributed by atoms with Crippen LogP contribution in [0.4, 0.5) is 24.5 Å². The van der Waals surface area contributed by atoms with Crippen molar-refractivity contribution in [3.8, 4) is 11.8 Å². The molecule has 3 aromatic rings. The lowest BCUT2D eigenvalue weighted by Gasteiger charge is -2.13. The third-order valence-electron chi connectivity index (χ3n) is 5.29. The van der Waals surface area contributed by atoms with Crippen molar-refractivity contribution in [1.29, 1.82) is 5.26 Å². The van der Waals surface area contributed by atoms with Gasteiger partial charge in [0.25, 0.3) is 11.8 Å². The van der Waals surface area contributed by atoms with Crippen LogP contribution in [-0.2, 0) is 15.8 Å². The van der Waals surface area contributed by atoms with E-state index in [9.17, 15) is 28.0 Å². The smallest absolute Gasteiger partial charge is 0.416 e. The number of carbonyl (C=O) groups excluding carboxylic acids is 2. The number of halogens is 5. The zero-order valence-corrected chi connectivity index (χ0v) is 23.2. The zero-order valence-electron chi connectivity index (χ0n) is 20.0. The van der Waals surface area contributed by atoms with Gasteiger partial charge in [-0.1, -0.05) is 28.1 Å². The molecule has 11 heteroatoms. The fourth-order valence-electron chi connectivity index (χ4n) is 3.27. The number of nitrogens with zero attached hydrogens (tertiary/aromatic N) is 1. The van der Waals surface area contributed by atoms with Crippen molar-refractivity contribution in [3.63, 3.8) is 0 Å². The van der Waals surface area contributed by atoms with Crippen LogP contribution in [0.15, 0.2) is 69.1 Å². The predicted molar refractivity (Wildman–Crippen MR) is 146 cm³/mol. The molecule has 0 aliphatic heterocycles. The van der Waals surface area contributed by atoms with E-state index in [0.29, 0.717) is 14.6 Å². The van der Waals surface area contributed by atoms with Gasteiger partial charge in [-0.3, -0.25) is 9.59 Å². The Labute approximate surface area is 233 Å². The summed E-state index contributed by atoms with van der Waals surface area (Å²) in [6.45, 7) is 3.51. The summed E-state index contributed by atoms with van der Waals surface area (Å²) in [4.78, 5) is 25.2. The van der Waals surface area contributed by atoms with Crippen LogP contribution in [0.5, 0.6) is 5.75 Å². The number of nitrogens with one attached hydrogen (secondary N) is 2. The molecule has 38 heavy (non-hydrogen) atoms. The van der Waals surface area contributed by atoms with Crippen LogP contribution in [0.3, 0.4) is 0 Å². The van der Waals surface area contributed by atoms with Gasteiger partial charge >= 0.3 is 6.18 Å². The highest BCUT2D eigenvalue weighted by atomic mass is 79.9. The molecule has 0 saturated heterocycles. The van der Waals surface area contributed by atoms with E-state index in [0.717, 1.165) is 29.3 Å². The minimum absolute atomic E-state index is 0.124. The molecule has 0 bridgehead atoms. The third-order valence-corrected chi connectivity index (χ3v) is 6.33. The Morgan fingerprint density at radius 1 is 1.00 bits per heavy atom. The maximum Gasteiger partial charge on any atom is 0.416 e. The molecule has 3 aromatic carbocycles. The molecule has 2 N–H and O–H groups in total. The molecular formula is C27H20Br2F3N3O3. The number of rotatable bonds is 7. The van der Waals surface area contributed by atoms with Crippen LogP contribution in [0.25, 0.3) is 6.08 Å². The van der Waals surface area contributed by atoms with Crippen LogP contribution in [-0.4, -0.2) is 18.4 Å². The van der Waals surface area contributed by atoms with Gasteiger partial charge < -0.3 is 15.4 Å². The second kappa shape index (κ2) is 12.3. The average Bonchev–Trinajstić information content (AvgIpc) is 2.83. The van der Waals surface area contributed by atoms with E-state index < -0.39 is 29.1 Å². The van der Waals surface area contributed by atoms with Gasteiger partial charge in [0.2, 0.25) is 0 Å². The Kier molecular flexibility index (Phi) is 9.36. The van der Waals surface area contributed by atoms with Gasteiger partial charge in [0, 0.05) is 21.4 Å². The van der Waals surface area contributed by atoms with Gasteiger partial charge in [-0.15, -0.1) is 0 Å². The molecule has 6 nitrogen and oxygen atoms in total. The molecule has 196 valence electrons. The van der Waals surface area contributed by atoms with Crippen molar-refractivity contribution in [1.82, 2.24) is 0 Å². The number of aryl methyl sites for hydroxylation is 2. The van der Waals surface area contributed by atoms with Crippen molar-refractivity contribution < 1.29 is 27.5 Å². The summed E-state index contributed by atoms with van der Waals surface area (Å²) in [5.74, 6) is -1.16. The zero-order chi connectivity index (χ0) is 28.0. The summed E-state index contributed by atoms with van der Waals surface area (Å²) in [5, 5.41) is 14.6. The second-order valence-electron chi connectivity index (χ2n) is 8.14. The summed E-state index contributed by atoms with van der Waals surface area (Å²) in [6.07, 6.45) is -3.37. The minimum atomic E-state index is -4.59. The van der Waals surface area contributed by atoms with Gasteiger partial charge in [0.05, 0.1) is 10.0 Å². The molecule has 0 saturated carbocycles. The summed E-state index contributed by atoms with van der Waals surface area (Å²) in [6, 6.07) is 14.5. The lowest BCUT2D eigenvalue weighted by molar-refractivity contribution is -0.137. The van der Waals surface area contributed by atoms with Crippen LogP contribution < -0.4 is 15.4 Å². The van der Waals surface area contributed by atoms with Gasteiger partial charge in [0.1, 0.15) is 17.4 Å². The fourth-order valence-corrected chi connectivity index (χ4v) is 4.64. The molecule has 0 unspecified atom stereocenters. The predicted octanol–water partition coefficient (Wildman–Crippen LogP) is 7.41. The number of anilines is 2. The highest BCUT2D eigenvalue weighted by Crippen LogP contribution is 2.35.